The van der Waals surface area contributed by atoms with Crippen molar-refractivity contribution in [3.05, 3.63) is 53.7 Å². The molecule has 0 fully saturated rings. The number of hydrogen-bond donors (Lipinski definition) is 2. The van der Waals surface area contributed by atoms with E-state index in [9.17, 15) is 13.2 Å². The average molecular weight is 333 g/mol. The van der Waals surface area contributed by atoms with E-state index in [1.807, 2.05) is 0 Å². The van der Waals surface area contributed by atoms with Gasteiger partial charge in [-0.15, -0.1) is 0 Å². The largest absolute Gasteiger partial charge is 0.416 e. The van der Waals surface area contributed by atoms with Crippen LogP contribution in [0.4, 0.5) is 24.9 Å². The van der Waals surface area contributed by atoms with Crippen LogP contribution in [0.2, 0.25) is 0 Å². The minimum absolute atomic E-state index is 0.0140. The zero-order valence-electron chi connectivity index (χ0n) is 12.7. The molecule has 0 bridgehead atoms. The first-order chi connectivity index (χ1) is 11.5. The van der Waals surface area contributed by atoms with E-state index in [-0.39, 0.29) is 12.1 Å². The molecule has 2 N–H and O–H groups in total. The van der Waals surface area contributed by atoms with Gasteiger partial charge in [0.15, 0.2) is 5.65 Å². The SMILES string of the molecule is CNc1nc(NCc2ccccc2C(F)(F)F)c2cccnc2n1. The highest BCUT2D eigenvalue weighted by atomic mass is 19.4. The van der Waals surface area contributed by atoms with Crippen molar-refractivity contribution in [2.45, 2.75) is 12.7 Å². The van der Waals surface area contributed by atoms with E-state index in [2.05, 4.69) is 25.6 Å². The maximum absolute atomic E-state index is 13.1. The molecule has 0 saturated carbocycles. The van der Waals surface area contributed by atoms with Gasteiger partial charge in [0, 0.05) is 19.8 Å². The Bertz CT molecular complexity index is 864. The molecule has 5 nitrogen and oxygen atoms in total. The van der Waals surface area contributed by atoms with Crippen molar-refractivity contribution >= 4 is 22.8 Å². The molecule has 0 aliphatic heterocycles. The Balaban J connectivity index is 1.95. The number of anilines is 2. The molecule has 124 valence electrons. The van der Waals surface area contributed by atoms with Crippen LogP contribution in [-0.2, 0) is 12.7 Å². The minimum atomic E-state index is -4.40. The highest BCUT2D eigenvalue weighted by Crippen LogP contribution is 2.32. The maximum atomic E-state index is 13.1. The summed E-state index contributed by atoms with van der Waals surface area (Å²) in [5, 5.41) is 6.41. The first-order valence-electron chi connectivity index (χ1n) is 7.18. The molecule has 3 rings (SSSR count). The normalized spacial score (nSPS) is 11.5. The van der Waals surface area contributed by atoms with Gasteiger partial charge in [0.1, 0.15) is 5.82 Å². The maximum Gasteiger partial charge on any atom is 0.416 e. The molecule has 2 aromatic heterocycles. The fourth-order valence-electron chi connectivity index (χ4n) is 2.34. The van der Waals surface area contributed by atoms with E-state index in [0.717, 1.165) is 6.07 Å². The second-order valence-electron chi connectivity index (χ2n) is 5.03. The van der Waals surface area contributed by atoms with Gasteiger partial charge < -0.3 is 10.6 Å². The van der Waals surface area contributed by atoms with Gasteiger partial charge in [0.05, 0.1) is 10.9 Å². The van der Waals surface area contributed by atoms with Crippen molar-refractivity contribution in [3.8, 4) is 0 Å². The van der Waals surface area contributed by atoms with E-state index in [1.165, 1.54) is 12.1 Å². The number of nitrogens with one attached hydrogen (secondary N) is 2. The van der Waals surface area contributed by atoms with Gasteiger partial charge in [-0.2, -0.15) is 23.1 Å². The number of alkyl halides is 3. The number of benzene rings is 1. The van der Waals surface area contributed by atoms with Crippen molar-refractivity contribution in [1.29, 1.82) is 0 Å². The summed E-state index contributed by atoms with van der Waals surface area (Å²) in [6.45, 7) is -0.0140. The summed E-state index contributed by atoms with van der Waals surface area (Å²) in [7, 11) is 1.66. The van der Waals surface area contributed by atoms with Crippen molar-refractivity contribution in [2.24, 2.45) is 0 Å². The molecule has 8 heteroatoms. The highest BCUT2D eigenvalue weighted by Gasteiger charge is 2.32. The summed E-state index contributed by atoms with van der Waals surface area (Å²) < 4.78 is 39.2. The Kier molecular flexibility index (Phi) is 4.20. The quantitative estimate of drug-likeness (QED) is 0.762. The van der Waals surface area contributed by atoms with Gasteiger partial charge in [-0.1, -0.05) is 18.2 Å². The molecule has 0 amide bonds. The molecule has 2 heterocycles. The first kappa shape index (κ1) is 16.0. The van der Waals surface area contributed by atoms with Gasteiger partial charge in [0.25, 0.3) is 0 Å². The number of fused-ring (bicyclic) bond motifs is 1. The lowest BCUT2D eigenvalue weighted by atomic mass is 10.1. The predicted octanol–water partition coefficient (Wildman–Crippen LogP) is 3.70. The van der Waals surface area contributed by atoms with Crippen LogP contribution in [0.25, 0.3) is 11.0 Å². The summed E-state index contributed by atoms with van der Waals surface area (Å²) >= 11 is 0. The molecular weight excluding hydrogens is 319 g/mol. The van der Waals surface area contributed by atoms with Crippen LogP contribution in [-0.4, -0.2) is 22.0 Å². The second-order valence-corrected chi connectivity index (χ2v) is 5.03. The van der Waals surface area contributed by atoms with Crippen LogP contribution in [0.15, 0.2) is 42.6 Å². The number of rotatable bonds is 4. The van der Waals surface area contributed by atoms with Crippen LogP contribution < -0.4 is 10.6 Å². The fraction of sp³-hybridized carbons (Fsp3) is 0.188. The van der Waals surface area contributed by atoms with Crippen LogP contribution in [0.5, 0.6) is 0 Å². The summed E-state index contributed by atoms with van der Waals surface area (Å²) in [5.74, 6) is 0.766. The van der Waals surface area contributed by atoms with E-state index >= 15 is 0 Å². The molecule has 0 spiro atoms. The smallest absolute Gasteiger partial charge is 0.365 e. The van der Waals surface area contributed by atoms with Gasteiger partial charge >= 0.3 is 6.18 Å². The number of hydrogen-bond acceptors (Lipinski definition) is 5. The van der Waals surface area contributed by atoms with Gasteiger partial charge in [-0.05, 0) is 23.8 Å². The third-order valence-electron chi connectivity index (χ3n) is 3.46. The summed E-state index contributed by atoms with van der Waals surface area (Å²) in [6.07, 6.45) is -2.80. The van der Waals surface area contributed by atoms with Gasteiger partial charge in [-0.3, -0.25) is 0 Å². The lowest BCUT2D eigenvalue weighted by Gasteiger charge is -2.14. The van der Waals surface area contributed by atoms with E-state index in [4.69, 9.17) is 0 Å². The average Bonchev–Trinajstić information content (AvgIpc) is 2.58. The zero-order chi connectivity index (χ0) is 17.2. The van der Waals surface area contributed by atoms with Crippen LogP contribution in [0, 0.1) is 0 Å². The zero-order valence-corrected chi connectivity index (χ0v) is 12.7. The fourth-order valence-corrected chi connectivity index (χ4v) is 2.34. The molecule has 0 saturated heterocycles. The molecular formula is C16H14F3N5. The summed E-state index contributed by atoms with van der Waals surface area (Å²) in [5.41, 5.74) is -0.0575. The summed E-state index contributed by atoms with van der Waals surface area (Å²) in [6, 6.07) is 8.94. The van der Waals surface area contributed by atoms with Crippen LogP contribution >= 0.6 is 0 Å². The van der Waals surface area contributed by atoms with Crippen molar-refractivity contribution in [1.82, 2.24) is 15.0 Å². The lowest BCUT2D eigenvalue weighted by Crippen LogP contribution is -2.12. The Morgan fingerprint density at radius 2 is 1.83 bits per heavy atom. The Morgan fingerprint density at radius 3 is 2.58 bits per heavy atom. The van der Waals surface area contributed by atoms with Gasteiger partial charge in [-0.25, -0.2) is 4.98 Å². The highest BCUT2D eigenvalue weighted by molar-refractivity contribution is 5.87. The number of halogens is 3. The summed E-state index contributed by atoms with van der Waals surface area (Å²) in [4.78, 5) is 12.6. The van der Waals surface area contributed by atoms with Crippen LogP contribution in [0.3, 0.4) is 0 Å². The minimum Gasteiger partial charge on any atom is -0.365 e. The Morgan fingerprint density at radius 1 is 1.04 bits per heavy atom. The van der Waals surface area contributed by atoms with Crippen molar-refractivity contribution in [3.63, 3.8) is 0 Å². The second kappa shape index (κ2) is 6.31. The van der Waals surface area contributed by atoms with Crippen molar-refractivity contribution < 1.29 is 13.2 Å². The number of aromatic nitrogens is 3. The Hall–Kier alpha value is -2.90. The number of pyridine rings is 1. The van der Waals surface area contributed by atoms with Crippen molar-refractivity contribution in [2.75, 3.05) is 17.7 Å². The monoisotopic (exact) mass is 333 g/mol. The molecule has 24 heavy (non-hydrogen) atoms. The predicted molar refractivity (Wildman–Crippen MR) is 85.7 cm³/mol. The molecule has 0 aliphatic carbocycles. The first-order valence-corrected chi connectivity index (χ1v) is 7.18. The molecule has 1 aromatic carbocycles. The van der Waals surface area contributed by atoms with E-state index in [1.54, 1.807) is 31.4 Å². The lowest BCUT2D eigenvalue weighted by molar-refractivity contribution is -0.138. The molecule has 0 unspecified atom stereocenters. The van der Waals surface area contributed by atoms with Gasteiger partial charge in [0.2, 0.25) is 5.95 Å². The van der Waals surface area contributed by atoms with E-state index < -0.39 is 11.7 Å². The third kappa shape index (κ3) is 3.22. The van der Waals surface area contributed by atoms with E-state index in [0.29, 0.717) is 22.8 Å². The molecule has 0 radical (unpaired) electrons. The molecule has 0 atom stereocenters. The standard InChI is InChI=1S/C16H14F3N5/c1-20-15-23-13-11(6-4-8-21-13)14(24-15)22-9-10-5-2-3-7-12(10)16(17,18)19/h2-8H,9H2,1H3,(H2,20,21,22,23,24). The molecule has 0 aliphatic rings. The number of nitrogens with zero attached hydrogens (tertiary/aromatic N) is 3. The topological polar surface area (TPSA) is 62.7 Å². The molecule has 3 aromatic rings. The third-order valence-corrected chi connectivity index (χ3v) is 3.46. The Labute approximate surface area is 136 Å². The van der Waals surface area contributed by atoms with Crippen LogP contribution in [0.1, 0.15) is 11.1 Å².